The lowest BCUT2D eigenvalue weighted by atomic mass is 10.2. The monoisotopic (exact) mass is 183 g/mol. The van der Waals surface area contributed by atoms with Crippen molar-refractivity contribution in [3.63, 3.8) is 0 Å². The topological polar surface area (TPSA) is 107 Å². The van der Waals surface area contributed by atoms with E-state index in [1.165, 1.54) is 6.92 Å². The molecule has 66 valence electrons. The van der Waals surface area contributed by atoms with Gasteiger partial charge >= 0.3 is 0 Å². The van der Waals surface area contributed by atoms with Crippen molar-refractivity contribution in [1.29, 1.82) is 0 Å². The summed E-state index contributed by atoms with van der Waals surface area (Å²) in [6.45, 7) is 1.20. The van der Waals surface area contributed by atoms with Gasteiger partial charge in [0.05, 0.1) is 6.10 Å². The number of aliphatic hydroxyl groups is 1. The minimum Gasteiger partial charge on any atom is -0.390 e. The van der Waals surface area contributed by atoms with Gasteiger partial charge in [0, 0.05) is 0 Å². The number of primary amides is 1. The van der Waals surface area contributed by atoms with E-state index in [-0.39, 0.29) is 0 Å². The van der Waals surface area contributed by atoms with Crippen molar-refractivity contribution in [2.75, 3.05) is 0 Å². The van der Waals surface area contributed by atoms with E-state index in [1.807, 2.05) is 0 Å². The number of thiol groups is 1. The molecule has 1 amide bonds. The molecule has 0 saturated heterocycles. The first-order valence-electron chi connectivity index (χ1n) is 2.73. The summed E-state index contributed by atoms with van der Waals surface area (Å²) in [5.41, 5.74) is 4.69. The molecule has 0 aromatic carbocycles. The highest BCUT2D eigenvalue weighted by Crippen LogP contribution is 1.97. The molecule has 0 radical (unpaired) electrons. The number of carbonyl (C=O) groups is 1. The first-order valence-corrected chi connectivity index (χ1v) is 3.83. The molecule has 0 bridgehead atoms. The Hall–Kier alpha value is -0.660. The molecule has 0 rings (SSSR count). The standard InChI is InChI=1S/C4H9NO5S/c1-2(6)3(4(5)7)10-11(8)9/h2-3,6,11H,1H3,(H2,5,7)/t2-,3-/m1/s1. The van der Waals surface area contributed by atoms with E-state index in [4.69, 9.17) is 10.8 Å². The normalized spacial score (nSPS) is 16.3. The fraction of sp³-hybridized carbons (Fsp3) is 0.750. The quantitative estimate of drug-likeness (QED) is 0.427. The summed E-state index contributed by atoms with van der Waals surface area (Å²) in [6, 6.07) is 0. The lowest BCUT2D eigenvalue weighted by Crippen LogP contribution is -2.39. The Morgan fingerprint density at radius 2 is 2.09 bits per heavy atom. The first-order chi connectivity index (χ1) is 4.95. The highest BCUT2D eigenvalue weighted by molar-refractivity contribution is 7.67. The molecule has 0 aromatic rings. The third-order valence-corrected chi connectivity index (χ3v) is 1.32. The Bertz CT molecular complexity index is 203. The predicted molar refractivity (Wildman–Crippen MR) is 36.1 cm³/mol. The minimum absolute atomic E-state index is 1.01. The van der Waals surface area contributed by atoms with Crippen LogP contribution in [-0.2, 0) is 20.0 Å². The number of rotatable bonds is 4. The van der Waals surface area contributed by atoms with Crippen molar-refractivity contribution in [1.82, 2.24) is 0 Å². The molecule has 0 fully saturated rings. The maximum Gasteiger partial charge on any atom is 0.258 e. The molecule has 0 spiro atoms. The van der Waals surface area contributed by atoms with Crippen LogP contribution in [0, 0.1) is 0 Å². The van der Waals surface area contributed by atoms with Crippen LogP contribution in [0.1, 0.15) is 6.92 Å². The van der Waals surface area contributed by atoms with E-state index in [2.05, 4.69) is 4.18 Å². The molecule has 0 aliphatic carbocycles. The maximum absolute atomic E-state index is 10.3. The van der Waals surface area contributed by atoms with Crippen molar-refractivity contribution in [3.8, 4) is 0 Å². The van der Waals surface area contributed by atoms with Gasteiger partial charge in [0.25, 0.3) is 16.9 Å². The Balaban J connectivity index is 4.23. The number of hydrogen-bond donors (Lipinski definition) is 3. The maximum atomic E-state index is 10.3. The largest absolute Gasteiger partial charge is 0.390 e. The summed E-state index contributed by atoms with van der Waals surface area (Å²) < 4.78 is 23.8. The highest BCUT2D eigenvalue weighted by Gasteiger charge is 2.22. The molecule has 11 heavy (non-hydrogen) atoms. The molecular weight excluding hydrogens is 174 g/mol. The smallest absolute Gasteiger partial charge is 0.258 e. The highest BCUT2D eigenvalue weighted by atomic mass is 32.2. The second kappa shape index (κ2) is 4.27. The zero-order chi connectivity index (χ0) is 9.02. The SMILES string of the molecule is C[C@@H](O)[C@@H](O[SH](=O)=O)C(N)=O. The van der Waals surface area contributed by atoms with Crippen molar-refractivity contribution < 1.29 is 22.5 Å². The number of hydrogen-bond acceptors (Lipinski definition) is 5. The molecular formula is C4H9NO5S. The van der Waals surface area contributed by atoms with Crippen LogP contribution in [0.15, 0.2) is 0 Å². The summed E-state index contributed by atoms with van der Waals surface area (Å²) in [4.78, 5) is 10.3. The predicted octanol–water partition coefficient (Wildman–Crippen LogP) is -2.24. The zero-order valence-electron chi connectivity index (χ0n) is 5.76. The Labute approximate surface area is 65.1 Å². The van der Waals surface area contributed by atoms with E-state index >= 15 is 0 Å². The van der Waals surface area contributed by atoms with Crippen LogP contribution in [0.2, 0.25) is 0 Å². The van der Waals surface area contributed by atoms with Gasteiger partial charge in [-0.25, -0.2) is 8.42 Å². The van der Waals surface area contributed by atoms with Crippen LogP contribution in [0.4, 0.5) is 0 Å². The molecule has 0 saturated carbocycles. The van der Waals surface area contributed by atoms with E-state index in [1.54, 1.807) is 0 Å². The van der Waals surface area contributed by atoms with Gasteiger partial charge in [-0.2, -0.15) is 0 Å². The average molecular weight is 183 g/mol. The molecule has 6 nitrogen and oxygen atoms in total. The lowest BCUT2D eigenvalue weighted by Gasteiger charge is -2.11. The summed E-state index contributed by atoms with van der Waals surface area (Å²) in [5.74, 6) is -1.01. The molecule has 0 aromatic heterocycles. The van der Waals surface area contributed by atoms with Crippen LogP contribution in [0.25, 0.3) is 0 Å². The molecule has 0 heterocycles. The molecule has 7 heteroatoms. The van der Waals surface area contributed by atoms with Crippen molar-refractivity contribution in [3.05, 3.63) is 0 Å². The zero-order valence-corrected chi connectivity index (χ0v) is 6.65. The van der Waals surface area contributed by atoms with Crippen LogP contribution < -0.4 is 5.73 Å². The van der Waals surface area contributed by atoms with Gasteiger partial charge in [0.2, 0.25) is 0 Å². The summed E-state index contributed by atoms with van der Waals surface area (Å²) >= 11 is 0. The van der Waals surface area contributed by atoms with Crippen LogP contribution in [-0.4, -0.2) is 31.6 Å². The van der Waals surface area contributed by atoms with Crippen LogP contribution in [0.5, 0.6) is 0 Å². The minimum atomic E-state index is -3.17. The summed E-state index contributed by atoms with van der Waals surface area (Å²) in [7, 11) is -3.17. The van der Waals surface area contributed by atoms with Gasteiger partial charge in [-0.05, 0) is 6.92 Å². The van der Waals surface area contributed by atoms with Crippen molar-refractivity contribution >= 4 is 16.9 Å². The van der Waals surface area contributed by atoms with Gasteiger partial charge in [0.15, 0.2) is 6.10 Å². The summed E-state index contributed by atoms with van der Waals surface area (Å²) in [6.07, 6.45) is -2.73. The summed E-state index contributed by atoms with van der Waals surface area (Å²) in [5, 5.41) is 8.74. The second-order valence-electron chi connectivity index (χ2n) is 1.89. The van der Waals surface area contributed by atoms with E-state index < -0.39 is 29.1 Å². The van der Waals surface area contributed by atoms with E-state index in [0.717, 1.165) is 0 Å². The molecule has 3 N–H and O–H groups in total. The van der Waals surface area contributed by atoms with E-state index in [9.17, 15) is 13.2 Å². The van der Waals surface area contributed by atoms with E-state index in [0.29, 0.717) is 0 Å². The Kier molecular flexibility index (Phi) is 4.01. The second-order valence-corrected chi connectivity index (χ2v) is 2.55. The van der Waals surface area contributed by atoms with Crippen molar-refractivity contribution in [2.24, 2.45) is 5.73 Å². The molecule has 2 atom stereocenters. The van der Waals surface area contributed by atoms with Gasteiger partial charge in [-0.1, -0.05) is 0 Å². The molecule has 0 unspecified atom stereocenters. The fourth-order valence-corrected chi connectivity index (χ4v) is 0.936. The number of amides is 1. The number of aliphatic hydroxyl groups excluding tert-OH is 1. The van der Waals surface area contributed by atoms with Gasteiger partial charge in [0.1, 0.15) is 0 Å². The van der Waals surface area contributed by atoms with Crippen molar-refractivity contribution in [2.45, 2.75) is 19.1 Å². The van der Waals surface area contributed by atoms with Gasteiger partial charge in [-0.15, -0.1) is 0 Å². The third-order valence-electron chi connectivity index (χ3n) is 0.918. The first kappa shape index (κ1) is 10.3. The lowest BCUT2D eigenvalue weighted by molar-refractivity contribution is -0.128. The van der Waals surface area contributed by atoms with Crippen LogP contribution in [0.3, 0.4) is 0 Å². The molecule has 0 aliphatic rings. The third kappa shape index (κ3) is 3.91. The number of carbonyl (C=O) groups excluding carboxylic acids is 1. The molecule has 0 aliphatic heterocycles. The Morgan fingerprint density at radius 1 is 1.64 bits per heavy atom. The Morgan fingerprint density at radius 3 is 2.18 bits per heavy atom. The van der Waals surface area contributed by atoms with Gasteiger partial charge < -0.3 is 10.8 Å². The average Bonchev–Trinajstić information content (AvgIpc) is 1.81. The van der Waals surface area contributed by atoms with Gasteiger partial charge in [-0.3, -0.25) is 8.98 Å². The van der Waals surface area contributed by atoms with Crippen LogP contribution >= 0.6 is 0 Å². The number of nitrogens with two attached hydrogens (primary N) is 1. The fourth-order valence-electron chi connectivity index (χ4n) is 0.470.